The van der Waals surface area contributed by atoms with Crippen LogP contribution in [0.1, 0.15) is 6.42 Å². The third-order valence-corrected chi connectivity index (χ3v) is 2.90. The van der Waals surface area contributed by atoms with Gasteiger partial charge in [-0.1, -0.05) is 23.7 Å². The van der Waals surface area contributed by atoms with Crippen molar-refractivity contribution in [3.8, 4) is 0 Å². The van der Waals surface area contributed by atoms with E-state index in [1.165, 1.54) is 0 Å². The smallest absolute Gasteiger partial charge is 0.321 e. The van der Waals surface area contributed by atoms with Crippen molar-refractivity contribution >= 4 is 23.3 Å². The molecule has 0 aliphatic carbocycles. The van der Waals surface area contributed by atoms with Crippen LogP contribution in [0.15, 0.2) is 24.3 Å². The number of benzene rings is 1. The van der Waals surface area contributed by atoms with Gasteiger partial charge in [0.1, 0.15) is 0 Å². The van der Waals surface area contributed by atoms with Crippen molar-refractivity contribution in [3.05, 3.63) is 29.3 Å². The third kappa shape index (κ3) is 2.46. The molecule has 1 aromatic carbocycles. The zero-order valence-electron chi connectivity index (χ0n) is 8.69. The lowest BCUT2D eigenvalue weighted by Crippen LogP contribution is -2.33. The maximum atomic E-state index is 11.8. The van der Waals surface area contributed by atoms with Crippen molar-refractivity contribution in [2.75, 3.05) is 18.4 Å². The SMILES string of the molecule is O=C(Nc1ccccc1Cl)N1CCC(O)C1. The van der Waals surface area contributed by atoms with Crippen LogP contribution in [0.2, 0.25) is 5.02 Å². The van der Waals surface area contributed by atoms with Gasteiger partial charge in [0.05, 0.1) is 16.8 Å². The van der Waals surface area contributed by atoms with Crippen LogP contribution in [-0.2, 0) is 0 Å². The molecule has 1 aromatic rings. The Morgan fingerprint density at radius 1 is 1.50 bits per heavy atom. The van der Waals surface area contributed by atoms with E-state index in [-0.39, 0.29) is 6.03 Å². The van der Waals surface area contributed by atoms with Crippen LogP contribution in [0.4, 0.5) is 10.5 Å². The summed E-state index contributed by atoms with van der Waals surface area (Å²) >= 11 is 5.92. The van der Waals surface area contributed by atoms with Crippen LogP contribution >= 0.6 is 11.6 Å². The van der Waals surface area contributed by atoms with Gasteiger partial charge < -0.3 is 15.3 Å². The van der Waals surface area contributed by atoms with Gasteiger partial charge in [-0.15, -0.1) is 0 Å². The highest BCUT2D eigenvalue weighted by atomic mass is 35.5. The van der Waals surface area contributed by atoms with Gasteiger partial charge in [0, 0.05) is 13.1 Å². The van der Waals surface area contributed by atoms with E-state index in [9.17, 15) is 9.90 Å². The lowest BCUT2D eigenvalue weighted by Gasteiger charge is -2.16. The molecule has 1 aliphatic rings. The topological polar surface area (TPSA) is 52.6 Å². The first-order valence-corrected chi connectivity index (χ1v) is 5.53. The first-order valence-electron chi connectivity index (χ1n) is 5.15. The summed E-state index contributed by atoms with van der Waals surface area (Å²) in [5.41, 5.74) is 0.593. The van der Waals surface area contributed by atoms with E-state index in [0.29, 0.717) is 30.2 Å². The molecule has 2 rings (SSSR count). The van der Waals surface area contributed by atoms with Crippen molar-refractivity contribution in [1.29, 1.82) is 0 Å². The predicted molar refractivity (Wildman–Crippen MR) is 62.7 cm³/mol. The highest BCUT2D eigenvalue weighted by Gasteiger charge is 2.24. The number of nitrogens with zero attached hydrogens (tertiary/aromatic N) is 1. The van der Waals surface area contributed by atoms with E-state index < -0.39 is 6.10 Å². The Balaban J connectivity index is 2.00. The standard InChI is InChI=1S/C11H13ClN2O2/c12-9-3-1-2-4-10(9)13-11(16)14-6-5-8(15)7-14/h1-4,8,15H,5-7H2,(H,13,16). The molecule has 5 heteroatoms. The van der Waals surface area contributed by atoms with Crippen LogP contribution in [0.5, 0.6) is 0 Å². The molecule has 0 aromatic heterocycles. The molecule has 86 valence electrons. The molecular formula is C11H13ClN2O2. The average Bonchev–Trinajstić information content (AvgIpc) is 2.68. The number of rotatable bonds is 1. The summed E-state index contributed by atoms with van der Waals surface area (Å²) in [5, 5.41) is 12.5. The van der Waals surface area contributed by atoms with E-state index in [1.54, 1.807) is 29.2 Å². The second-order valence-electron chi connectivity index (χ2n) is 3.80. The van der Waals surface area contributed by atoms with E-state index in [4.69, 9.17) is 11.6 Å². The molecule has 1 saturated heterocycles. The van der Waals surface area contributed by atoms with E-state index in [1.807, 2.05) is 0 Å². The number of nitrogens with one attached hydrogen (secondary N) is 1. The summed E-state index contributed by atoms with van der Waals surface area (Å²) in [7, 11) is 0. The van der Waals surface area contributed by atoms with Gasteiger partial charge in [0.2, 0.25) is 0 Å². The monoisotopic (exact) mass is 240 g/mol. The first kappa shape index (κ1) is 11.2. The minimum Gasteiger partial charge on any atom is -0.391 e. The Labute approximate surface area is 98.8 Å². The number of carbonyl (C=O) groups excluding carboxylic acids is 1. The minimum atomic E-state index is -0.406. The second-order valence-corrected chi connectivity index (χ2v) is 4.21. The summed E-state index contributed by atoms with van der Waals surface area (Å²) in [5.74, 6) is 0. The Hall–Kier alpha value is -1.26. The largest absolute Gasteiger partial charge is 0.391 e. The third-order valence-electron chi connectivity index (χ3n) is 2.57. The highest BCUT2D eigenvalue weighted by molar-refractivity contribution is 6.33. The number of amides is 2. The number of β-amino-alcohol motifs (C(OH)–C–C–N with tert-alkyl or cyclic N) is 1. The Kier molecular flexibility index (Phi) is 3.31. The zero-order valence-corrected chi connectivity index (χ0v) is 9.44. The van der Waals surface area contributed by atoms with E-state index in [2.05, 4.69) is 5.32 Å². The van der Waals surface area contributed by atoms with Crippen molar-refractivity contribution < 1.29 is 9.90 Å². The lowest BCUT2D eigenvalue weighted by molar-refractivity contribution is 0.176. The number of likely N-dealkylation sites (tertiary alicyclic amines) is 1. The van der Waals surface area contributed by atoms with Crippen molar-refractivity contribution in [2.45, 2.75) is 12.5 Å². The van der Waals surface area contributed by atoms with E-state index >= 15 is 0 Å². The van der Waals surface area contributed by atoms with Crippen molar-refractivity contribution in [3.63, 3.8) is 0 Å². The van der Waals surface area contributed by atoms with Crippen molar-refractivity contribution in [2.24, 2.45) is 0 Å². The quantitative estimate of drug-likeness (QED) is 0.788. The summed E-state index contributed by atoms with van der Waals surface area (Å²) in [6, 6.07) is 6.85. The molecule has 16 heavy (non-hydrogen) atoms. The van der Waals surface area contributed by atoms with Gasteiger partial charge in [-0.05, 0) is 18.6 Å². The zero-order chi connectivity index (χ0) is 11.5. The van der Waals surface area contributed by atoms with Crippen LogP contribution in [0, 0.1) is 0 Å². The summed E-state index contributed by atoms with van der Waals surface area (Å²) in [6.07, 6.45) is 0.229. The van der Waals surface area contributed by atoms with Crippen LogP contribution in [0.3, 0.4) is 0 Å². The summed E-state index contributed by atoms with van der Waals surface area (Å²) in [4.78, 5) is 13.3. The number of aliphatic hydroxyl groups excluding tert-OH is 1. The Bertz CT molecular complexity index is 397. The van der Waals surface area contributed by atoms with Gasteiger partial charge in [0.15, 0.2) is 0 Å². The molecule has 1 unspecified atom stereocenters. The molecule has 1 aliphatic heterocycles. The Morgan fingerprint density at radius 3 is 2.88 bits per heavy atom. The number of halogens is 1. The molecule has 1 heterocycles. The predicted octanol–water partition coefficient (Wildman–Crippen LogP) is 1.94. The van der Waals surface area contributed by atoms with Gasteiger partial charge in [0.25, 0.3) is 0 Å². The normalized spacial score (nSPS) is 19.9. The van der Waals surface area contributed by atoms with Crippen molar-refractivity contribution in [1.82, 2.24) is 4.90 Å². The van der Waals surface area contributed by atoms with Gasteiger partial charge in [-0.3, -0.25) is 0 Å². The van der Waals surface area contributed by atoms with Gasteiger partial charge in [-0.2, -0.15) is 0 Å². The fourth-order valence-electron chi connectivity index (χ4n) is 1.68. The van der Waals surface area contributed by atoms with Crippen LogP contribution < -0.4 is 5.32 Å². The fraction of sp³-hybridized carbons (Fsp3) is 0.364. The molecule has 2 N–H and O–H groups in total. The molecule has 2 amide bonds. The number of carbonyl (C=O) groups is 1. The molecule has 0 spiro atoms. The van der Waals surface area contributed by atoms with Crippen LogP contribution in [-0.4, -0.2) is 35.2 Å². The number of hydrogen-bond acceptors (Lipinski definition) is 2. The first-order chi connectivity index (χ1) is 7.66. The fourth-order valence-corrected chi connectivity index (χ4v) is 1.87. The molecule has 0 radical (unpaired) electrons. The lowest BCUT2D eigenvalue weighted by atomic mass is 10.3. The van der Waals surface area contributed by atoms with Gasteiger partial charge >= 0.3 is 6.03 Å². The Morgan fingerprint density at radius 2 is 2.25 bits per heavy atom. The highest BCUT2D eigenvalue weighted by Crippen LogP contribution is 2.21. The maximum absolute atomic E-state index is 11.8. The molecule has 1 atom stereocenters. The summed E-state index contributed by atoms with van der Waals surface area (Å²) in [6.45, 7) is 0.966. The summed E-state index contributed by atoms with van der Waals surface area (Å²) < 4.78 is 0. The number of para-hydroxylation sites is 1. The van der Waals surface area contributed by atoms with Gasteiger partial charge in [-0.25, -0.2) is 4.79 Å². The molecule has 0 bridgehead atoms. The van der Waals surface area contributed by atoms with E-state index in [0.717, 1.165) is 0 Å². The maximum Gasteiger partial charge on any atom is 0.321 e. The second kappa shape index (κ2) is 4.72. The number of urea groups is 1. The molecular weight excluding hydrogens is 228 g/mol. The molecule has 1 fully saturated rings. The number of hydrogen-bond donors (Lipinski definition) is 2. The average molecular weight is 241 g/mol. The molecule has 4 nitrogen and oxygen atoms in total. The number of anilines is 1. The number of aliphatic hydroxyl groups is 1. The minimum absolute atomic E-state index is 0.218. The van der Waals surface area contributed by atoms with Crippen LogP contribution in [0.25, 0.3) is 0 Å². The molecule has 0 saturated carbocycles.